The van der Waals surface area contributed by atoms with Gasteiger partial charge in [0.25, 0.3) is 5.91 Å². The smallest absolute Gasteiger partial charge is 0.490 e. The average Bonchev–Trinajstić information content (AvgIpc) is 3.42. The highest BCUT2D eigenvalue weighted by Crippen LogP contribution is 2.66. The number of nitrogens with one attached hydrogen (secondary N) is 1. The van der Waals surface area contributed by atoms with E-state index in [1.165, 1.54) is 54.6 Å². The fraction of sp³-hybridized carbons (Fsp3) is 0.182. The monoisotopic (exact) mass is 894 g/mol. The number of carbonyl (C=O) groups excluding carboxylic acids is 1. The number of phenols is 1. The first kappa shape index (κ1) is 44.0. The van der Waals surface area contributed by atoms with Crippen molar-refractivity contribution >= 4 is 52.1 Å². The third kappa shape index (κ3) is 9.88. The summed E-state index contributed by atoms with van der Waals surface area (Å²) >= 11 is 0. The van der Waals surface area contributed by atoms with Gasteiger partial charge in [-0.1, -0.05) is 11.8 Å². The van der Waals surface area contributed by atoms with E-state index in [2.05, 4.69) is 35.3 Å². The van der Waals surface area contributed by atoms with Crippen LogP contribution in [0.3, 0.4) is 0 Å². The van der Waals surface area contributed by atoms with Gasteiger partial charge in [0.15, 0.2) is 11.7 Å². The van der Waals surface area contributed by atoms with Gasteiger partial charge in [-0.3, -0.25) is 18.7 Å². The van der Waals surface area contributed by atoms with Crippen molar-refractivity contribution in [2.75, 3.05) is 18.9 Å². The van der Waals surface area contributed by atoms with Gasteiger partial charge in [0.2, 0.25) is 0 Å². The number of benzene rings is 3. The molecule has 6 rings (SSSR count). The lowest BCUT2D eigenvalue weighted by Crippen LogP contribution is -2.36. The molecule has 6 atom stereocenters. The second-order valence-electron chi connectivity index (χ2n) is 12.5. The SMILES string of the molecule is Nc1nc(=O)n([C@@H]2O[C@H](COP(=O)(O)OP(=O)(O)OP(=O)(O)O)[C@@H](O)[C@H]2O)cc1C#CCNC(=O)c1ccc(C(=O)O)c(-c2c3ccc(=O)cc-3oc3cc(O)ccc23)c1. The van der Waals surface area contributed by atoms with E-state index in [0.29, 0.717) is 21.1 Å². The van der Waals surface area contributed by atoms with Crippen LogP contribution < -0.4 is 22.2 Å². The maximum absolute atomic E-state index is 13.3. The number of carboxylic acids is 1. The first-order chi connectivity index (χ1) is 28.0. The van der Waals surface area contributed by atoms with Crippen molar-refractivity contribution in [2.45, 2.75) is 24.5 Å². The molecule has 1 aliphatic carbocycles. The van der Waals surface area contributed by atoms with E-state index < -0.39 is 83.4 Å². The molecular weight excluding hydrogens is 865 g/mol. The maximum Gasteiger partial charge on any atom is 0.490 e. The minimum Gasteiger partial charge on any atom is -0.508 e. The highest BCUT2D eigenvalue weighted by molar-refractivity contribution is 7.66. The lowest BCUT2D eigenvalue weighted by Gasteiger charge is -2.19. The Kier molecular flexibility index (Phi) is 12.3. The molecule has 11 N–H and O–H groups in total. The molecule has 1 amide bonds. The number of amides is 1. The van der Waals surface area contributed by atoms with E-state index in [-0.39, 0.29) is 45.9 Å². The molecule has 2 unspecified atom stereocenters. The van der Waals surface area contributed by atoms with Crippen LogP contribution in [-0.2, 0) is 31.6 Å². The largest absolute Gasteiger partial charge is 0.508 e. The maximum atomic E-state index is 13.3. The molecule has 3 aliphatic rings. The number of carboxylic acid groups (broad SMARTS) is 1. The summed E-state index contributed by atoms with van der Waals surface area (Å²) in [5, 5.41) is 44.1. The number of phosphoric acid groups is 3. The Morgan fingerprint density at radius 3 is 2.37 bits per heavy atom. The molecule has 0 saturated carbocycles. The van der Waals surface area contributed by atoms with E-state index in [1.807, 2.05) is 0 Å². The van der Waals surface area contributed by atoms with Gasteiger partial charge in [-0.2, -0.15) is 13.6 Å². The van der Waals surface area contributed by atoms with Crippen molar-refractivity contribution in [3.05, 3.63) is 98.2 Å². The van der Waals surface area contributed by atoms with Crippen LogP contribution >= 0.6 is 23.5 Å². The van der Waals surface area contributed by atoms with Gasteiger partial charge in [-0.05, 0) is 48.0 Å². The van der Waals surface area contributed by atoms with Crippen LogP contribution in [0, 0.1) is 11.8 Å². The summed E-state index contributed by atoms with van der Waals surface area (Å²) in [5.74, 6) is 2.62. The van der Waals surface area contributed by atoms with Crippen molar-refractivity contribution in [3.63, 3.8) is 0 Å². The topological polar surface area (TPSA) is 387 Å². The van der Waals surface area contributed by atoms with Gasteiger partial charge >= 0.3 is 35.1 Å². The summed E-state index contributed by atoms with van der Waals surface area (Å²) in [6.07, 6.45) is -6.42. The molecule has 3 aromatic rings. The van der Waals surface area contributed by atoms with Gasteiger partial charge < -0.3 is 60.2 Å². The molecule has 1 fully saturated rings. The molecular formula is C33H29N4O20P3. The van der Waals surface area contributed by atoms with E-state index in [4.69, 9.17) is 24.7 Å². The van der Waals surface area contributed by atoms with Gasteiger partial charge in [-0.15, -0.1) is 0 Å². The number of phosphoric ester groups is 1. The Balaban J connectivity index is 1.19. The fourth-order valence-electron chi connectivity index (χ4n) is 5.92. The summed E-state index contributed by atoms with van der Waals surface area (Å²) in [4.78, 5) is 90.5. The van der Waals surface area contributed by atoms with Gasteiger partial charge in [-0.25, -0.2) is 23.3 Å². The number of rotatable bonds is 12. The van der Waals surface area contributed by atoms with E-state index in [9.17, 15) is 63.1 Å². The molecule has 0 spiro atoms. The normalized spacial score (nSPS) is 19.9. The zero-order valence-electron chi connectivity index (χ0n) is 29.8. The second kappa shape index (κ2) is 16.8. The molecule has 27 heteroatoms. The number of carbonyl (C=O) groups is 2. The molecule has 24 nitrogen and oxygen atoms in total. The molecule has 3 heterocycles. The van der Waals surface area contributed by atoms with Gasteiger partial charge in [0.1, 0.15) is 41.2 Å². The van der Waals surface area contributed by atoms with Crippen LogP contribution in [0.15, 0.2) is 74.8 Å². The number of hydrogen-bond donors (Lipinski definition) is 10. The number of nitrogens with two attached hydrogens (primary N) is 1. The van der Waals surface area contributed by atoms with Crippen LogP contribution in [-0.4, -0.2) is 92.9 Å². The molecule has 0 radical (unpaired) electrons. The number of aliphatic hydroxyl groups is 2. The van der Waals surface area contributed by atoms with E-state index in [1.54, 1.807) is 0 Å². The Hall–Kier alpha value is -5.60. The fourth-order valence-corrected chi connectivity index (χ4v) is 8.95. The van der Waals surface area contributed by atoms with Crippen molar-refractivity contribution < 1.29 is 85.6 Å². The molecule has 1 aromatic heterocycles. The molecule has 2 aliphatic heterocycles. The van der Waals surface area contributed by atoms with Crippen LogP contribution in [0.5, 0.6) is 5.75 Å². The summed E-state index contributed by atoms with van der Waals surface area (Å²) < 4.78 is 58.0. The Bertz CT molecular complexity index is 2850. The number of anilines is 1. The summed E-state index contributed by atoms with van der Waals surface area (Å²) in [6, 6.07) is 11.8. The predicted molar refractivity (Wildman–Crippen MR) is 201 cm³/mol. The number of nitrogen functional groups attached to an aromatic ring is 1. The van der Waals surface area contributed by atoms with Crippen LogP contribution in [0.4, 0.5) is 5.82 Å². The summed E-state index contributed by atoms with van der Waals surface area (Å²) in [6.45, 7) is -1.53. The van der Waals surface area contributed by atoms with Crippen molar-refractivity contribution in [1.82, 2.24) is 14.9 Å². The van der Waals surface area contributed by atoms with Gasteiger partial charge in [0.05, 0.1) is 24.3 Å². The van der Waals surface area contributed by atoms with Crippen LogP contribution in [0.25, 0.3) is 33.4 Å². The van der Waals surface area contributed by atoms with E-state index >= 15 is 0 Å². The zero-order chi connectivity index (χ0) is 43.9. The third-order valence-corrected chi connectivity index (χ3v) is 12.2. The quantitative estimate of drug-likeness (QED) is 0.0471. The molecule has 2 aromatic carbocycles. The molecule has 316 valence electrons. The number of aromatic nitrogens is 2. The number of aliphatic hydroxyl groups excluding tert-OH is 2. The van der Waals surface area contributed by atoms with Gasteiger partial charge in [0, 0.05) is 40.4 Å². The number of fused-ring (bicyclic) bond motifs is 2. The van der Waals surface area contributed by atoms with Crippen molar-refractivity contribution in [2.24, 2.45) is 0 Å². The highest BCUT2D eigenvalue weighted by Gasteiger charge is 2.47. The van der Waals surface area contributed by atoms with Crippen LogP contribution in [0.2, 0.25) is 0 Å². The molecule has 60 heavy (non-hydrogen) atoms. The molecule has 0 bridgehead atoms. The number of phenolic OH excluding ortho intramolecular Hbond substituents is 1. The number of ether oxygens (including phenoxy) is 1. The summed E-state index contributed by atoms with van der Waals surface area (Å²) in [5.41, 5.74) is 4.80. The first-order valence-corrected chi connectivity index (χ1v) is 21.1. The number of aromatic carboxylic acids is 1. The zero-order valence-corrected chi connectivity index (χ0v) is 32.5. The standard InChI is InChI=1S/C33H29N4O20P3/c34-29-16(13-37(33(45)36-29)31-28(41)27(40)25(55-31)14-53-59(49,50)57-60(51,52)56-58(46,47)48)2-1-9-35-30(42)15-3-6-19(32(43)44)22(10-15)26-20-7-4-17(38)11-23(20)54-24-12-18(39)5-8-21(24)26/h3-8,10-13,25,27-28,31,38,40-41H,9,14H2,(H,35,42)(H,43,44)(H,49,50)(H,51,52)(H2,34,36,45)(H2,46,47,48)/t25-,27-,28-,31-/m1/s1. The van der Waals surface area contributed by atoms with Crippen molar-refractivity contribution in [1.29, 1.82) is 0 Å². The predicted octanol–water partition coefficient (Wildman–Crippen LogP) is 0.852. The Morgan fingerprint density at radius 2 is 1.67 bits per heavy atom. The minimum atomic E-state index is -5.86. The van der Waals surface area contributed by atoms with E-state index in [0.717, 1.165) is 6.20 Å². The number of nitrogens with zero attached hydrogens (tertiary/aromatic N) is 2. The summed E-state index contributed by atoms with van der Waals surface area (Å²) in [7, 11) is -17.2. The lowest BCUT2D eigenvalue weighted by atomic mass is 9.89. The van der Waals surface area contributed by atoms with Crippen molar-refractivity contribution in [3.8, 4) is 40.0 Å². The minimum absolute atomic E-state index is 0.0127. The lowest BCUT2D eigenvalue weighted by molar-refractivity contribution is -0.0541. The highest BCUT2D eigenvalue weighted by atomic mass is 31.3. The Morgan fingerprint density at radius 1 is 0.933 bits per heavy atom. The third-order valence-electron chi connectivity index (χ3n) is 8.43. The molecule has 1 saturated heterocycles. The Labute approximate surface area is 333 Å². The van der Waals surface area contributed by atoms with Crippen LogP contribution in [0.1, 0.15) is 32.5 Å². The number of hydrogen-bond acceptors (Lipinski definition) is 17. The average molecular weight is 895 g/mol. The second-order valence-corrected chi connectivity index (χ2v) is 16.9. The number of aromatic hydroxyl groups is 1. The first-order valence-electron chi connectivity index (χ1n) is 16.6.